The molecule has 1 aromatic heterocycles. The van der Waals surface area contributed by atoms with E-state index in [0.29, 0.717) is 12.1 Å². The molecule has 0 aliphatic carbocycles. The van der Waals surface area contributed by atoms with E-state index in [1.165, 1.54) is 18.2 Å². The lowest BCUT2D eigenvalue weighted by atomic mass is 10.2. The number of nitro benzene ring substituents is 1. The Balaban J connectivity index is 2.37. The zero-order chi connectivity index (χ0) is 15.6. The fourth-order valence-corrected chi connectivity index (χ4v) is 1.67. The molecule has 0 fully saturated rings. The van der Waals surface area contributed by atoms with Crippen molar-refractivity contribution in [3.8, 4) is 0 Å². The van der Waals surface area contributed by atoms with Gasteiger partial charge in [-0.3, -0.25) is 14.9 Å². The third-order valence-electron chi connectivity index (χ3n) is 2.43. The van der Waals surface area contributed by atoms with Gasteiger partial charge in [-0.2, -0.15) is 0 Å². The van der Waals surface area contributed by atoms with Crippen LogP contribution < -0.4 is 5.32 Å². The highest BCUT2D eigenvalue weighted by Crippen LogP contribution is 2.27. The maximum atomic E-state index is 13.2. The number of aromatic nitrogens is 1. The molecule has 0 unspecified atom stereocenters. The Morgan fingerprint density at radius 2 is 1.95 bits per heavy atom. The Morgan fingerprint density at radius 3 is 2.57 bits per heavy atom. The van der Waals surface area contributed by atoms with Crippen molar-refractivity contribution in [2.45, 2.75) is 0 Å². The Kier molecular flexibility index (Phi) is 4.08. The van der Waals surface area contributed by atoms with Crippen molar-refractivity contribution in [3.05, 3.63) is 62.9 Å². The zero-order valence-corrected chi connectivity index (χ0v) is 10.9. The maximum absolute atomic E-state index is 13.2. The van der Waals surface area contributed by atoms with Gasteiger partial charge in [-0.05, 0) is 12.1 Å². The summed E-state index contributed by atoms with van der Waals surface area (Å²) >= 11 is 5.61. The van der Waals surface area contributed by atoms with E-state index >= 15 is 0 Å². The van der Waals surface area contributed by atoms with Crippen LogP contribution in [0.2, 0.25) is 5.15 Å². The molecule has 2 rings (SSSR count). The molecule has 0 aliphatic rings. The molecule has 0 spiro atoms. The molecular formula is C12H6ClF2N3O3. The van der Waals surface area contributed by atoms with Crippen molar-refractivity contribution in [3.63, 3.8) is 0 Å². The third kappa shape index (κ3) is 3.29. The van der Waals surface area contributed by atoms with Crippen molar-refractivity contribution < 1.29 is 18.5 Å². The van der Waals surface area contributed by atoms with E-state index < -0.39 is 33.8 Å². The Labute approximate surface area is 121 Å². The summed E-state index contributed by atoms with van der Waals surface area (Å²) in [6.45, 7) is 0. The molecule has 1 amide bonds. The highest BCUT2D eigenvalue weighted by Gasteiger charge is 2.21. The number of amides is 1. The number of anilines is 1. The number of halogens is 3. The lowest BCUT2D eigenvalue weighted by molar-refractivity contribution is -0.384. The van der Waals surface area contributed by atoms with Gasteiger partial charge in [0.1, 0.15) is 16.5 Å². The van der Waals surface area contributed by atoms with Crippen LogP contribution in [0, 0.1) is 21.7 Å². The van der Waals surface area contributed by atoms with Gasteiger partial charge in [0.2, 0.25) is 0 Å². The smallest absolute Gasteiger partial charge is 0.295 e. The summed E-state index contributed by atoms with van der Waals surface area (Å²) in [5.74, 6) is -3.55. The molecular weight excluding hydrogens is 308 g/mol. The van der Waals surface area contributed by atoms with Crippen LogP contribution in [0.3, 0.4) is 0 Å². The molecule has 9 heteroatoms. The van der Waals surface area contributed by atoms with Crippen LogP contribution in [0.1, 0.15) is 10.5 Å². The predicted octanol–water partition coefficient (Wildman–Crippen LogP) is 3.17. The SMILES string of the molecule is O=C(Nc1cc(F)c(F)cc1[N+](=O)[O-])c1cccc(Cl)n1. The molecule has 0 radical (unpaired) electrons. The number of nitro groups is 1. The van der Waals surface area contributed by atoms with E-state index in [9.17, 15) is 23.7 Å². The fourth-order valence-electron chi connectivity index (χ4n) is 1.51. The second kappa shape index (κ2) is 5.80. The number of nitrogens with zero attached hydrogens (tertiary/aromatic N) is 2. The van der Waals surface area contributed by atoms with Crippen LogP contribution in [-0.2, 0) is 0 Å². The number of rotatable bonds is 3. The standard InChI is InChI=1S/C12H6ClF2N3O3/c13-11-3-1-2-8(16-11)12(19)17-9-4-6(14)7(15)5-10(9)18(20)21/h1-5H,(H,17,19). The summed E-state index contributed by atoms with van der Waals surface area (Å²) in [4.78, 5) is 25.4. The highest BCUT2D eigenvalue weighted by atomic mass is 35.5. The van der Waals surface area contributed by atoms with E-state index in [0.717, 1.165) is 0 Å². The minimum Gasteiger partial charge on any atom is -0.315 e. The summed E-state index contributed by atoms with van der Waals surface area (Å²) in [5, 5.41) is 12.9. The van der Waals surface area contributed by atoms with Gasteiger partial charge in [0, 0.05) is 6.07 Å². The minimum absolute atomic E-state index is 0.0439. The van der Waals surface area contributed by atoms with Crippen molar-refractivity contribution in [1.29, 1.82) is 0 Å². The molecule has 0 saturated carbocycles. The number of carbonyl (C=O) groups excluding carboxylic acids is 1. The summed E-state index contributed by atoms with van der Waals surface area (Å²) in [5.41, 5.74) is -1.38. The minimum atomic E-state index is -1.39. The summed E-state index contributed by atoms with van der Waals surface area (Å²) in [6.07, 6.45) is 0. The topological polar surface area (TPSA) is 85.1 Å². The average Bonchev–Trinajstić information content (AvgIpc) is 2.42. The maximum Gasteiger partial charge on any atom is 0.295 e. The molecule has 2 aromatic rings. The zero-order valence-electron chi connectivity index (χ0n) is 10.1. The van der Waals surface area contributed by atoms with Crippen LogP contribution in [0.25, 0.3) is 0 Å². The van der Waals surface area contributed by atoms with E-state index in [1.54, 1.807) is 0 Å². The van der Waals surface area contributed by atoms with Crippen LogP contribution >= 0.6 is 11.6 Å². The Bertz CT molecular complexity index is 740. The Morgan fingerprint density at radius 1 is 1.29 bits per heavy atom. The molecule has 0 bridgehead atoms. The molecule has 6 nitrogen and oxygen atoms in total. The fraction of sp³-hybridized carbons (Fsp3) is 0. The van der Waals surface area contributed by atoms with Gasteiger partial charge >= 0.3 is 0 Å². The van der Waals surface area contributed by atoms with Crippen LogP contribution in [-0.4, -0.2) is 15.8 Å². The Hall–Kier alpha value is -2.61. The number of carbonyl (C=O) groups is 1. The molecule has 1 heterocycles. The van der Waals surface area contributed by atoms with E-state index in [2.05, 4.69) is 10.3 Å². The largest absolute Gasteiger partial charge is 0.315 e. The first-order valence-corrected chi connectivity index (χ1v) is 5.83. The van der Waals surface area contributed by atoms with Gasteiger partial charge in [0.05, 0.1) is 11.0 Å². The van der Waals surface area contributed by atoms with Crippen LogP contribution in [0.4, 0.5) is 20.2 Å². The lowest BCUT2D eigenvalue weighted by Crippen LogP contribution is -2.15. The monoisotopic (exact) mass is 313 g/mol. The molecule has 0 atom stereocenters. The van der Waals surface area contributed by atoms with Gasteiger partial charge in [0.25, 0.3) is 11.6 Å². The van der Waals surface area contributed by atoms with Gasteiger partial charge in [-0.25, -0.2) is 13.8 Å². The van der Waals surface area contributed by atoms with Gasteiger partial charge in [-0.15, -0.1) is 0 Å². The molecule has 1 N–H and O–H groups in total. The number of pyridine rings is 1. The first kappa shape index (κ1) is 14.8. The molecule has 0 saturated heterocycles. The van der Waals surface area contributed by atoms with E-state index in [-0.39, 0.29) is 10.8 Å². The average molecular weight is 314 g/mol. The first-order valence-electron chi connectivity index (χ1n) is 5.46. The molecule has 108 valence electrons. The summed E-state index contributed by atoms with van der Waals surface area (Å²) in [6, 6.07) is 5.10. The van der Waals surface area contributed by atoms with Gasteiger partial charge in [0.15, 0.2) is 11.6 Å². The molecule has 21 heavy (non-hydrogen) atoms. The van der Waals surface area contributed by atoms with Gasteiger partial charge in [-0.1, -0.05) is 17.7 Å². The first-order chi connectivity index (χ1) is 9.88. The second-order valence-corrected chi connectivity index (χ2v) is 4.23. The quantitative estimate of drug-likeness (QED) is 0.536. The van der Waals surface area contributed by atoms with Crippen molar-refractivity contribution >= 4 is 28.9 Å². The summed E-state index contributed by atoms with van der Waals surface area (Å²) < 4.78 is 26.2. The van der Waals surface area contributed by atoms with Crippen molar-refractivity contribution in [2.24, 2.45) is 0 Å². The van der Waals surface area contributed by atoms with Crippen molar-refractivity contribution in [1.82, 2.24) is 4.98 Å². The molecule has 1 aromatic carbocycles. The summed E-state index contributed by atoms with van der Waals surface area (Å²) in [7, 11) is 0. The van der Waals surface area contributed by atoms with Gasteiger partial charge < -0.3 is 5.32 Å². The number of hydrogen-bond acceptors (Lipinski definition) is 4. The van der Waals surface area contributed by atoms with E-state index in [1.807, 2.05) is 0 Å². The van der Waals surface area contributed by atoms with Crippen LogP contribution in [0.15, 0.2) is 30.3 Å². The lowest BCUT2D eigenvalue weighted by Gasteiger charge is -2.06. The number of benzene rings is 1. The second-order valence-electron chi connectivity index (χ2n) is 3.84. The molecule has 0 aliphatic heterocycles. The normalized spacial score (nSPS) is 10.2. The van der Waals surface area contributed by atoms with Crippen LogP contribution in [0.5, 0.6) is 0 Å². The number of hydrogen-bond donors (Lipinski definition) is 1. The third-order valence-corrected chi connectivity index (χ3v) is 2.64. The van der Waals surface area contributed by atoms with Crippen molar-refractivity contribution in [2.75, 3.05) is 5.32 Å². The number of nitrogens with one attached hydrogen (secondary N) is 1. The van der Waals surface area contributed by atoms with E-state index in [4.69, 9.17) is 11.6 Å². The predicted molar refractivity (Wildman–Crippen MR) is 70.2 cm³/mol. The highest BCUT2D eigenvalue weighted by molar-refractivity contribution is 6.29.